The van der Waals surface area contributed by atoms with E-state index in [1.54, 1.807) is 0 Å². The molecule has 34 valence electrons. The Morgan fingerprint density at radius 2 is 1.17 bits per heavy atom. The molecule has 0 aliphatic heterocycles. The Bertz CT molecular complexity index is 26.3. The maximum Gasteiger partial charge on any atom is -0.147 e. The first-order valence-electron chi connectivity index (χ1n) is 2.00. The van der Waals surface area contributed by atoms with Gasteiger partial charge in [0, 0.05) is 0 Å². The molecular weight excluding hydrogens is 139 g/mol. The number of hydrogen-bond acceptors (Lipinski definition) is 0. The topological polar surface area (TPSA) is 0 Å². The fourth-order valence-electron chi connectivity index (χ4n) is 0. The molecule has 0 atom stereocenters. The maximum absolute atomic E-state index is 2.41. The first-order chi connectivity index (χ1) is 2.00. The van der Waals surface area contributed by atoms with Crippen LogP contribution in [0, 0.1) is 0 Å². The van der Waals surface area contributed by atoms with Crippen LogP contribution in [-0.2, 0) is 0 Å². The van der Waals surface area contributed by atoms with Crippen molar-refractivity contribution in [2.45, 2.75) is 19.6 Å². The zero-order valence-corrected chi connectivity index (χ0v) is 9.85. The molecule has 0 rings (SSSR count). The van der Waals surface area contributed by atoms with Crippen LogP contribution in [0.25, 0.3) is 0 Å². The molecule has 0 N–H and O–H groups in total. The van der Waals surface area contributed by atoms with Crippen LogP contribution in [-0.4, -0.2) is 48.4 Å². The van der Waals surface area contributed by atoms with Gasteiger partial charge in [0.2, 0.25) is 0 Å². The molecule has 0 fully saturated rings. The summed E-state index contributed by atoms with van der Waals surface area (Å²) >= 11 is 1.14. The van der Waals surface area contributed by atoms with Gasteiger partial charge < -0.3 is 0 Å². The van der Waals surface area contributed by atoms with Crippen molar-refractivity contribution >= 4 is 60.8 Å². The zero-order valence-electron chi connectivity index (χ0n) is 4.91. The summed E-state index contributed by atoms with van der Waals surface area (Å²) < 4.78 is -0.424. The van der Waals surface area contributed by atoms with Gasteiger partial charge in [-0.3, -0.25) is 0 Å². The summed E-state index contributed by atoms with van der Waals surface area (Å²) in [6, 6.07) is 0. The SMILES string of the molecule is C[Si](C)(C)[K].Cl. The molecule has 0 aliphatic rings. The van der Waals surface area contributed by atoms with Crippen molar-refractivity contribution in [1.29, 1.82) is 0 Å². The van der Waals surface area contributed by atoms with Gasteiger partial charge >= 0.3 is 68.1 Å². The van der Waals surface area contributed by atoms with E-state index in [0.29, 0.717) is 0 Å². The second-order valence-corrected chi connectivity index (χ2v) is 23.1. The fourth-order valence-corrected chi connectivity index (χ4v) is 0. The summed E-state index contributed by atoms with van der Waals surface area (Å²) in [5.41, 5.74) is 0. The predicted molar refractivity (Wildman–Crippen MR) is 36.3 cm³/mol. The van der Waals surface area contributed by atoms with E-state index in [9.17, 15) is 0 Å². The third-order valence-electron chi connectivity index (χ3n) is 0. The van der Waals surface area contributed by atoms with Crippen molar-refractivity contribution in [2.24, 2.45) is 0 Å². The molecule has 0 heterocycles. The maximum atomic E-state index is 2.41. The van der Waals surface area contributed by atoms with Crippen LogP contribution in [0.4, 0.5) is 0 Å². The molecule has 0 unspecified atom stereocenters. The van der Waals surface area contributed by atoms with E-state index in [0.717, 1.165) is 47.7 Å². The molecule has 0 aromatic rings. The van der Waals surface area contributed by atoms with Gasteiger partial charge in [0.1, 0.15) is 0 Å². The normalized spacial score (nSPS) is 10.2. The van der Waals surface area contributed by atoms with E-state index in [4.69, 9.17) is 0 Å². The molecular formula is C3H10ClKSi. The van der Waals surface area contributed by atoms with Crippen molar-refractivity contribution in [3.63, 3.8) is 0 Å². The van der Waals surface area contributed by atoms with Crippen LogP contribution in [0.2, 0.25) is 19.6 Å². The Balaban J connectivity index is 0. The van der Waals surface area contributed by atoms with E-state index in [-0.39, 0.29) is 12.4 Å². The fraction of sp³-hybridized carbons (Fsp3) is 1.00. The molecule has 0 saturated heterocycles. The third-order valence-corrected chi connectivity index (χ3v) is 0. The average Bonchev–Trinajstić information content (AvgIpc) is 0.722. The monoisotopic (exact) mass is 148 g/mol. The Kier molecular flexibility index (Phi) is 7.46. The molecule has 0 saturated carbocycles. The summed E-state index contributed by atoms with van der Waals surface area (Å²) in [7, 11) is 0. The zero-order chi connectivity index (χ0) is 4.50. The van der Waals surface area contributed by atoms with Crippen LogP contribution < -0.4 is 0 Å². The van der Waals surface area contributed by atoms with Gasteiger partial charge in [0.05, 0.1) is 0 Å². The van der Waals surface area contributed by atoms with Crippen molar-refractivity contribution in [2.75, 3.05) is 0 Å². The molecule has 6 heavy (non-hydrogen) atoms. The molecule has 0 bridgehead atoms. The number of rotatable bonds is 0. The third kappa shape index (κ3) is 35.4. The van der Waals surface area contributed by atoms with Gasteiger partial charge in [-0.2, -0.15) is 0 Å². The van der Waals surface area contributed by atoms with Crippen molar-refractivity contribution in [3.8, 4) is 0 Å². The van der Waals surface area contributed by atoms with E-state index in [1.807, 2.05) is 0 Å². The first kappa shape index (κ1) is 11.0. The van der Waals surface area contributed by atoms with Crippen molar-refractivity contribution in [1.82, 2.24) is 0 Å². The van der Waals surface area contributed by atoms with Gasteiger partial charge in [0.15, 0.2) is 0 Å². The summed E-state index contributed by atoms with van der Waals surface area (Å²) in [5.74, 6) is 0. The molecule has 0 nitrogen and oxygen atoms in total. The summed E-state index contributed by atoms with van der Waals surface area (Å²) in [4.78, 5) is 0. The minimum Gasteiger partial charge on any atom is -0.147 e. The minimum absolute atomic E-state index is 0. The van der Waals surface area contributed by atoms with E-state index in [2.05, 4.69) is 19.6 Å². The molecule has 0 aromatic heterocycles. The van der Waals surface area contributed by atoms with Crippen LogP contribution >= 0.6 is 12.4 Å². The van der Waals surface area contributed by atoms with Crippen LogP contribution in [0.5, 0.6) is 0 Å². The summed E-state index contributed by atoms with van der Waals surface area (Å²) in [6.45, 7) is 7.23. The van der Waals surface area contributed by atoms with E-state index >= 15 is 0 Å². The second-order valence-electron chi connectivity index (χ2n) is 3.00. The molecule has 0 radical (unpaired) electrons. The smallest absolute Gasteiger partial charge is 0.147 e. The molecule has 0 aromatic carbocycles. The largest absolute Gasteiger partial charge is 0.147 e. The van der Waals surface area contributed by atoms with E-state index < -0.39 is 0.755 Å². The average molecular weight is 149 g/mol. The Hall–Kier alpha value is 2.14. The molecule has 3 heteroatoms. The second kappa shape index (κ2) is 4.07. The number of hydrogen-bond donors (Lipinski definition) is 0. The minimum atomic E-state index is -0.424. The Labute approximate surface area is 78.8 Å². The number of halogens is 1. The van der Waals surface area contributed by atoms with Crippen molar-refractivity contribution < 1.29 is 0 Å². The predicted octanol–water partition coefficient (Wildman–Crippen LogP) is 1.41. The first-order valence-corrected chi connectivity index (χ1v) is 10.7. The van der Waals surface area contributed by atoms with E-state index in [1.165, 1.54) is 0 Å². The van der Waals surface area contributed by atoms with Gasteiger partial charge in [-0.05, 0) is 0 Å². The standard InChI is InChI=1S/C3H9Si.ClH.K/c1-4(2)3;;/h1-3H3;1H;. The van der Waals surface area contributed by atoms with Crippen LogP contribution in [0.3, 0.4) is 0 Å². The van der Waals surface area contributed by atoms with Crippen LogP contribution in [0.15, 0.2) is 0 Å². The Morgan fingerprint density at radius 3 is 1.17 bits per heavy atom. The van der Waals surface area contributed by atoms with Gasteiger partial charge in [-0.15, -0.1) is 12.4 Å². The quantitative estimate of drug-likeness (QED) is 0.456. The van der Waals surface area contributed by atoms with Crippen LogP contribution in [0.1, 0.15) is 0 Å². The molecule has 0 amide bonds. The molecule has 0 aliphatic carbocycles. The summed E-state index contributed by atoms with van der Waals surface area (Å²) in [6.07, 6.45) is 0. The summed E-state index contributed by atoms with van der Waals surface area (Å²) in [5, 5.41) is 0. The van der Waals surface area contributed by atoms with Gasteiger partial charge in [-0.25, -0.2) is 0 Å². The van der Waals surface area contributed by atoms with Gasteiger partial charge in [0.25, 0.3) is 0 Å². The van der Waals surface area contributed by atoms with Crippen molar-refractivity contribution in [3.05, 3.63) is 0 Å². The van der Waals surface area contributed by atoms with Gasteiger partial charge in [-0.1, -0.05) is 0 Å². The molecule has 0 spiro atoms. The Morgan fingerprint density at radius 1 is 1.17 bits per heavy atom.